The Labute approximate surface area is 170 Å². The first kappa shape index (κ1) is 18.9. The van der Waals surface area contributed by atoms with Gasteiger partial charge in [0.15, 0.2) is 0 Å². The largest absolute Gasteiger partial charge is 0.372 e. The average molecular weight is 413 g/mol. The van der Waals surface area contributed by atoms with Crippen LogP contribution in [0, 0.1) is 24.4 Å². The molecule has 5 nitrogen and oxygen atoms in total. The maximum absolute atomic E-state index is 14.5. The first-order chi connectivity index (χ1) is 14.4. The van der Waals surface area contributed by atoms with E-state index in [1.54, 1.807) is 0 Å². The van der Waals surface area contributed by atoms with Crippen molar-refractivity contribution < 1.29 is 17.9 Å². The van der Waals surface area contributed by atoms with Crippen molar-refractivity contribution in [3.8, 4) is 0 Å². The van der Waals surface area contributed by atoms with Gasteiger partial charge in [-0.3, -0.25) is 4.79 Å². The maximum atomic E-state index is 14.5. The van der Waals surface area contributed by atoms with E-state index < -0.39 is 29.1 Å². The predicted octanol–water partition coefficient (Wildman–Crippen LogP) is 4.28. The van der Waals surface area contributed by atoms with Gasteiger partial charge in [0.25, 0.3) is 0 Å². The van der Waals surface area contributed by atoms with Gasteiger partial charge in [0.1, 0.15) is 11.6 Å². The van der Waals surface area contributed by atoms with Gasteiger partial charge in [0.2, 0.25) is 11.8 Å². The fourth-order valence-corrected chi connectivity index (χ4v) is 4.30. The Morgan fingerprint density at radius 1 is 1.07 bits per heavy atom. The Balaban J connectivity index is 1.63. The van der Waals surface area contributed by atoms with E-state index in [-0.39, 0.29) is 18.1 Å². The molecule has 0 radical (unpaired) electrons. The molecule has 0 aliphatic carbocycles. The highest BCUT2D eigenvalue weighted by Crippen LogP contribution is 2.37. The number of hydrogen-bond acceptors (Lipinski definition) is 4. The molecule has 0 saturated heterocycles. The van der Waals surface area contributed by atoms with Crippen molar-refractivity contribution in [1.29, 1.82) is 0 Å². The summed E-state index contributed by atoms with van der Waals surface area (Å²) in [5, 5.41) is 3.14. The van der Waals surface area contributed by atoms with Gasteiger partial charge in [-0.05, 0) is 60.2 Å². The van der Waals surface area contributed by atoms with Crippen LogP contribution in [0.2, 0.25) is 0 Å². The second kappa shape index (κ2) is 6.98. The van der Waals surface area contributed by atoms with Gasteiger partial charge in [0.05, 0.1) is 24.9 Å². The molecule has 154 valence electrons. The highest BCUT2D eigenvalue weighted by atomic mass is 19.1. The third-order valence-electron chi connectivity index (χ3n) is 5.71. The molecule has 0 bridgehead atoms. The number of aryl methyl sites for hydroxylation is 1. The van der Waals surface area contributed by atoms with Gasteiger partial charge < -0.3 is 14.6 Å². The number of nitrogens with one attached hydrogen (secondary N) is 1. The molecule has 2 aliphatic heterocycles. The molecular weight excluding hydrogens is 395 g/mol. The Bertz CT molecular complexity index is 1220. The normalized spacial score (nSPS) is 17.1. The minimum absolute atomic E-state index is 0.144. The topological polar surface area (TPSA) is 56.2 Å². The van der Waals surface area contributed by atoms with Crippen LogP contribution in [-0.2, 0) is 24.4 Å². The smallest absolute Gasteiger partial charge is 0.310 e. The summed E-state index contributed by atoms with van der Waals surface area (Å²) in [5.41, 5.74) is 3.32. The van der Waals surface area contributed by atoms with E-state index in [2.05, 4.69) is 10.3 Å². The first-order valence-electron chi connectivity index (χ1n) is 9.65. The molecule has 8 heteroatoms. The Morgan fingerprint density at radius 2 is 1.77 bits per heavy atom. The Hall–Kier alpha value is -3.13. The molecule has 1 N–H and O–H groups in total. The van der Waals surface area contributed by atoms with E-state index in [0.29, 0.717) is 30.9 Å². The molecule has 3 heterocycles. The minimum Gasteiger partial charge on any atom is -0.372 e. The fraction of sp³-hybridized carbons (Fsp3) is 0.273. The second-order valence-corrected chi connectivity index (χ2v) is 7.68. The summed E-state index contributed by atoms with van der Waals surface area (Å²) in [7, 11) is 0. The van der Waals surface area contributed by atoms with Crippen molar-refractivity contribution in [2.24, 2.45) is 0 Å². The van der Waals surface area contributed by atoms with Gasteiger partial charge in [-0.1, -0.05) is 6.07 Å². The average Bonchev–Trinajstić information content (AvgIpc) is 3.32. The zero-order valence-electron chi connectivity index (χ0n) is 16.1. The summed E-state index contributed by atoms with van der Waals surface area (Å²) in [6.45, 7) is 2.95. The molecule has 0 spiro atoms. The van der Waals surface area contributed by atoms with E-state index in [1.807, 2.05) is 19.1 Å². The molecule has 0 saturated carbocycles. The molecule has 1 atom stereocenters. The monoisotopic (exact) mass is 413 g/mol. The van der Waals surface area contributed by atoms with E-state index in [1.165, 1.54) is 16.7 Å². The van der Waals surface area contributed by atoms with Crippen molar-refractivity contribution in [2.75, 3.05) is 5.32 Å². The highest BCUT2D eigenvalue weighted by molar-refractivity contribution is 5.62. The van der Waals surface area contributed by atoms with Crippen LogP contribution in [0.3, 0.4) is 0 Å². The van der Waals surface area contributed by atoms with Gasteiger partial charge in [-0.2, -0.15) is 9.37 Å². The lowest BCUT2D eigenvalue weighted by molar-refractivity contribution is 0.134. The van der Waals surface area contributed by atoms with Crippen LogP contribution < -0.4 is 10.9 Å². The number of ether oxygens (including phenoxy) is 1. The number of benzene rings is 2. The Kier molecular flexibility index (Phi) is 4.39. The van der Waals surface area contributed by atoms with Gasteiger partial charge >= 0.3 is 5.56 Å². The van der Waals surface area contributed by atoms with Crippen LogP contribution in [0.1, 0.15) is 40.4 Å². The fourth-order valence-electron chi connectivity index (χ4n) is 4.30. The molecule has 0 fully saturated rings. The lowest BCUT2D eigenvalue weighted by atomic mass is 10.0. The predicted molar refractivity (Wildman–Crippen MR) is 104 cm³/mol. The molecular formula is C22H18F3N3O2. The number of aromatic nitrogens is 2. The molecule has 1 unspecified atom stereocenters. The summed E-state index contributed by atoms with van der Waals surface area (Å²) in [6.07, 6.45) is 0.661. The quantitative estimate of drug-likeness (QED) is 0.697. The number of hydrogen-bond donors (Lipinski definition) is 1. The van der Waals surface area contributed by atoms with E-state index >= 15 is 0 Å². The number of anilines is 2. The summed E-state index contributed by atoms with van der Waals surface area (Å²) in [5.74, 6) is -2.21. The summed E-state index contributed by atoms with van der Waals surface area (Å²) >= 11 is 0. The third-order valence-corrected chi connectivity index (χ3v) is 5.71. The number of fused-ring (bicyclic) bond motifs is 2. The van der Waals surface area contributed by atoms with Gasteiger partial charge in [0, 0.05) is 11.8 Å². The zero-order chi connectivity index (χ0) is 21.0. The lowest BCUT2D eigenvalue weighted by Gasteiger charge is -2.21. The van der Waals surface area contributed by atoms with Crippen molar-refractivity contribution in [1.82, 2.24) is 9.55 Å². The van der Waals surface area contributed by atoms with Crippen molar-refractivity contribution >= 4 is 11.6 Å². The van der Waals surface area contributed by atoms with Crippen LogP contribution in [0.15, 0.2) is 35.1 Å². The first-order valence-corrected chi connectivity index (χ1v) is 9.65. The third kappa shape index (κ3) is 3.08. The van der Waals surface area contributed by atoms with Crippen LogP contribution in [-0.4, -0.2) is 9.55 Å². The van der Waals surface area contributed by atoms with Crippen LogP contribution in [0.5, 0.6) is 0 Å². The van der Waals surface area contributed by atoms with Crippen LogP contribution in [0.4, 0.5) is 24.8 Å². The number of halogens is 3. The number of rotatable bonds is 3. The van der Waals surface area contributed by atoms with Crippen LogP contribution in [0.25, 0.3) is 0 Å². The van der Waals surface area contributed by atoms with E-state index in [0.717, 1.165) is 22.8 Å². The standard InChI is InChI=1S/C22H18F3N3O2/c1-11-4-13-9-30-10-14(13)7-17(11)26-22-27-21(29)20(25)19-3-2-18(28(19)22)12-5-15(23)8-16(24)6-12/h4-8,18H,2-3,9-10H2,1H3,(H,26,27,29). The lowest BCUT2D eigenvalue weighted by Crippen LogP contribution is -2.23. The Morgan fingerprint density at radius 3 is 2.50 bits per heavy atom. The molecule has 0 amide bonds. The molecule has 30 heavy (non-hydrogen) atoms. The molecule has 3 aromatic rings. The van der Waals surface area contributed by atoms with Crippen molar-refractivity contribution in [2.45, 2.75) is 39.0 Å². The maximum Gasteiger partial charge on any atom is 0.310 e. The summed E-state index contributed by atoms with van der Waals surface area (Å²) in [6, 6.07) is 6.61. The second-order valence-electron chi connectivity index (χ2n) is 7.68. The molecule has 2 aromatic carbocycles. The van der Waals surface area contributed by atoms with Gasteiger partial charge in [-0.25, -0.2) is 8.78 Å². The highest BCUT2D eigenvalue weighted by Gasteiger charge is 2.31. The van der Waals surface area contributed by atoms with Crippen molar-refractivity contribution in [3.05, 3.63) is 86.1 Å². The van der Waals surface area contributed by atoms with E-state index in [9.17, 15) is 18.0 Å². The minimum atomic E-state index is -0.961. The summed E-state index contributed by atoms with van der Waals surface area (Å²) in [4.78, 5) is 16.0. The molecule has 5 rings (SSSR count). The van der Waals surface area contributed by atoms with Gasteiger partial charge in [-0.15, -0.1) is 0 Å². The molecule has 2 aliphatic rings. The molecule has 1 aromatic heterocycles. The SMILES string of the molecule is Cc1cc2c(cc1Nc1nc(=O)c(F)c3n1C(c1cc(F)cc(F)c1)CC3)COC2. The van der Waals surface area contributed by atoms with E-state index in [4.69, 9.17) is 4.74 Å². The van der Waals surface area contributed by atoms with Crippen molar-refractivity contribution in [3.63, 3.8) is 0 Å². The zero-order valence-corrected chi connectivity index (χ0v) is 16.1. The summed E-state index contributed by atoms with van der Waals surface area (Å²) < 4.78 is 49.2. The van der Waals surface area contributed by atoms with Crippen LogP contribution >= 0.6 is 0 Å². The number of nitrogens with zero attached hydrogens (tertiary/aromatic N) is 2.